The normalized spacial score (nSPS) is 31.6. The van der Waals surface area contributed by atoms with Crippen molar-refractivity contribution < 1.29 is 4.79 Å². The number of rotatable bonds is 3. The third-order valence-corrected chi connectivity index (χ3v) is 4.90. The standard InChI is InChI=1S/C15H28N2O/c1-3-13-8-7-12(2)17(13)14(18)11-15(16)9-5-4-6-10-15/h12-13H,3-11,16H2,1-2H3. The summed E-state index contributed by atoms with van der Waals surface area (Å²) in [6.07, 6.45) is 9.68. The molecule has 1 saturated carbocycles. The fourth-order valence-corrected chi connectivity index (χ4v) is 3.75. The van der Waals surface area contributed by atoms with Gasteiger partial charge in [0.15, 0.2) is 0 Å². The molecule has 0 aromatic carbocycles. The van der Waals surface area contributed by atoms with E-state index < -0.39 is 0 Å². The van der Waals surface area contributed by atoms with Crippen molar-refractivity contribution in [2.75, 3.05) is 0 Å². The highest BCUT2D eigenvalue weighted by Crippen LogP contribution is 2.32. The minimum Gasteiger partial charge on any atom is -0.337 e. The molecular weight excluding hydrogens is 224 g/mol. The summed E-state index contributed by atoms with van der Waals surface area (Å²) in [4.78, 5) is 14.7. The van der Waals surface area contributed by atoms with E-state index in [1.54, 1.807) is 0 Å². The minimum absolute atomic E-state index is 0.212. The molecule has 1 aliphatic heterocycles. The van der Waals surface area contributed by atoms with Gasteiger partial charge in [0.2, 0.25) is 5.91 Å². The summed E-state index contributed by atoms with van der Waals surface area (Å²) in [5, 5.41) is 0. The first-order valence-corrected chi connectivity index (χ1v) is 7.66. The summed E-state index contributed by atoms with van der Waals surface area (Å²) in [5.74, 6) is 0.302. The average molecular weight is 252 g/mol. The number of hydrogen-bond acceptors (Lipinski definition) is 2. The summed E-state index contributed by atoms with van der Waals surface area (Å²) >= 11 is 0. The Balaban J connectivity index is 1.98. The summed E-state index contributed by atoms with van der Waals surface area (Å²) in [5.41, 5.74) is 6.20. The van der Waals surface area contributed by atoms with Crippen LogP contribution in [-0.2, 0) is 4.79 Å². The summed E-state index contributed by atoms with van der Waals surface area (Å²) in [7, 11) is 0. The van der Waals surface area contributed by atoms with Crippen LogP contribution in [0.4, 0.5) is 0 Å². The Morgan fingerprint density at radius 3 is 2.56 bits per heavy atom. The molecule has 0 bridgehead atoms. The van der Waals surface area contributed by atoms with Gasteiger partial charge >= 0.3 is 0 Å². The van der Waals surface area contributed by atoms with Crippen LogP contribution in [0.2, 0.25) is 0 Å². The van der Waals surface area contributed by atoms with Crippen LogP contribution < -0.4 is 5.73 Å². The van der Waals surface area contributed by atoms with E-state index in [1.807, 2.05) is 0 Å². The maximum Gasteiger partial charge on any atom is 0.224 e. The molecule has 2 aliphatic rings. The van der Waals surface area contributed by atoms with Gasteiger partial charge in [-0.2, -0.15) is 0 Å². The summed E-state index contributed by atoms with van der Waals surface area (Å²) in [6.45, 7) is 4.36. The maximum absolute atomic E-state index is 12.5. The van der Waals surface area contributed by atoms with E-state index in [0.717, 1.165) is 25.7 Å². The van der Waals surface area contributed by atoms with Crippen LogP contribution in [-0.4, -0.2) is 28.4 Å². The Morgan fingerprint density at radius 1 is 1.28 bits per heavy atom. The van der Waals surface area contributed by atoms with Crippen LogP contribution >= 0.6 is 0 Å². The lowest BCUT2D eigenvalue weighted by Crippen LogP contribution is -2.49. The number of likely N-dealkylation sites (tertiary alicyclic amines) is 1. The van der Waals surface area contributed by atoms with Crippen LogP contribution in [0.5, 0.6) is 0 Å². The van der Waals surface area contributed by atoms with Crippen LogP contribution in [0.25, 0.3) is 0 Å². The van der Waals surface area contributed by atoms with E-state index in [4.69, 9.17) is 5.73 Å². The quantitative estimate of drug-likeness (QED) is 0.839. The van der Waals surface area contributed by atoms with Gasteiger partial charge in [-0.1, -0.05) is 26.2 Å². The monoisotopic (exact) mass is 252 g/mol. The van der Waals surface area contributed by atoms with Crippen molar-refractivity contribution in [3.05, 3.63) is 0 Å². The van der Waals surface area contributed by atoms with Crippen LogP contribution in [0, 0.1) is 0 Å². The molecule has 1 heterocycles. The minimum atomic E-state index is -0.212. The third-order valence-electron chi connectivity index (χ3n) is 4.90. The summed E-state index contributed by atoms with van der Waals surface area (Å²) < 4.78 is 0. The molecule has 1 aliphatic carbocycles. The molecule has 2 N–H and O–H groups in total. The first-order valence-electron chi connectivity index (χ1n) is 7.66. The van der Waals surface area contributed by atoms with Gasteiger partial charge in [-0.05, 0) is 39.0 Å². The second kappa shape index (κ2) is 5.60. The second-order valence-electron chi connectivity index (χ2n) is 6.39. The molecule has 1 saturated heterocycles. The van der Waals surface area contributed by atoms with Gasteiger partial charge in [-0.15, -0.1) is 0 Å². The van der Waals surface area contributed by atoms with Crippen molar-refractivity contribution in [2.45, 2.75) is 89.3 Å². The predicted octanol–water partition coefficient (Wildman–Crippen LogP) is 2.83. The molecule has 2 atom stereocenters. The molecule has 2 rings (SSSR count). The maximum atomic E-state index is 12.5. The number of carbonyl (C=O) groups excluding carboxylic acids is 1. The lowest BCUT2D eigenvalue weighted by Gasteiger charge is -2.36. The van der Waals surface area contributed by atoms with Crippen molar-refractivity contribution >= 4 is 5.91 Å². The van der Waals surface area contributed by atoms with Crippen molar-refractivity contribution in [3.8, 4) is 0 Å². The highest BCUT2D eigenvalue weighted by molar-refractivity contribution is 5.78. The van der Waals surface area contributed by atoms with E-state index in [0.29, 0.717) is 24.4 Å². The molecular formula is C15H28N2O. The van der Waals surface area contributed by atoms with Gasteiger partial charge < -0.3 is 10.6 Å². The molecule has 18 heavy (non-hydrogen) atoms. The van der Waals surface area contributed by atoms with Crippen molar-refractivity contribution in [3.63, 3.8) is 0 Å². The fourth-order valence-electron chi connectivity index (χ4n) is 3.75. The molecule has 2 fully saturated rings. The Kier molecular flexibility index (Phi) is 4.31. The molecule has 0 radical (unpaired) electrons. The number of carbonyl (C=O) groups is 1. The van der Waals surface area contributed by atoms with Crippen molar-refractivity contribution in [1.82, 2.24) is 4.90 Å². The molecule has 1 amide bonds. The smallest absolute Gasteiger partial charge is 0.224 e. The van der Waals surface area contributed by atoms with Gasteiger partial charge in [0.05, 0.1) is 0 Å². The van der Waals surface area contributed by atoms with Crippen molar-refractivity contribution in [1.29, 1.82) is 0 Å². The van der Waals surface area contributed by atoms with E-state index in [1.165, 1.54) is 25.7 Å². The zero-order valence-electron chi connectivity index (χ0n) is 12.0. The predicted molar refractivity (Wildman–Crippen MR) is 74.2 cm³/mol. The SMILES string of the molecule is CCC1CCC(C)N1C(=O)CC1(N)CCCCC1. The van der Waals surface area contributed by atoms with E-state index in [2.05, 4.69) is 18.7 Å². The molecule has 3 heteroatoms. The molecule has 2 unspecified atom stereocenters. The zero-order valence-corrected chi connectivity index (χ0v) is 12.0. The highest BCUT2D eigenvalue weighted by atomic mass is 16.2. The van der Waals surface area contributed by atoms with Gasteiger partial charge in [0.1, 0.15) is 0 Å². The topological polar surface area (TPSA) is 46.3 Å². The van der Waals surface area contributed by atoms with Crippen molar-refractivity contribution in [2.24, 2.45) is 5.73 Å². The van der Waals surface area contributed by atoms with E-state index in [9.17, 15) is 4.79 Å². The van der Waals surface area contributed by atoms with Gasteiger partial charge in [0, 0.05) is 24.0 Å². The first-order chi connectivity index (χ1) is 8.56. The largest absolute Gasteiger partial charge is 0.337 e. The van der Waals surface area contributed by atoms with E-state index in [-0.39, 0.29) is 5.54 Å². The number of amides is 1. The third kappa shape index (κ3) is 2.87. The first kappa shape index (κ1) is 13.9. The molecule has 0 aromatic heterocycles. The zero-order chi connectivity index (χ0) is 13.2. The molecule has 0 spiro atoms. The second-order valence-corrected chi connectivity index (χ2v) is 6.39. The molecule has 3 nitrogen and oxygen atoms in total. The van der Waals surface area contributed by atoms with Gasteiger partial charge in [-0.3, -0.25) is 4.79 Å². The lowest BCUT2D eigenvalue weighted by molar-refractivity contribution is -0.135. The van der Waals surface area contributed by atoms with Gasteiger partial charge in [-0.25, -0.2) is 0 Å². The Labute approximate surface area is 111 Å². The fraction of sp³-hybridized carbons (Fsp3) is 0.933. The van der Waals surface area contributed by atoms with Crippen LogP contribution in [0.3, 0.4) is 0 Å². The van der Waals surface area contributed by atoms with E-state index >= 15 is 0 Å². The van der Waals surface area contributed by atoms with Gasteiger partial charge in [0.25, 0.3) is 0 Å². The number of hydrogen-bond donors (Lipinski definition) is 1. The van der Waals surface area contributed by atoms with Crippen LogP contribution in [0.1, 0.15) is 71.6 Å². The Bertz CT molecular complexity index is 297. The Morgan fingerprint density at radius 2 is 1.94 bits per heavy atom. The Hall–Kier alpha value is -0.570. The lowest BCUT2D eigenvalue weighted by atomic mass is 9.80. The molecule has 0 aromatic rings. The number of nitrogens with zero attached hydrogens (tertiary/aromatic N) is 1. The highest BCUT2D eigenvalue weighted by Gasteiger charge is 2.37. The average Bonchev–Trinajstić information content (AvgIpc) is 2.70. The number of nitrogens with two attached hydrogens (primary N) is 1. The summed E-state index contributed by atoms with van der Waals surface area (Å²) in [6, 6.07) is 0.870. The van der Waals surface area contributed by atoms with Crippen LogP contribution in [0.15, 0.2) is 0 Å². The molecule has 104 valence electrons.